The number of piperidine rings is 1. The van der Waals surface area contributed by atoms with E-state index in [0.29, 0.717) is 31.7 Å². The molecule has 19 heavy (non-hydrogen) atoms. The fraction of sp³-hybridized carbons (Fsp3) is 0.933. The van der Waals surface area contributed by atoms with Crippen molar-refractivity contribution >= 4 is 5.91 Å². The predicted octanol–water partition coefficient (Wildman–Crippen LogP) is 1.98. The Kier molecular flexibility index (Phi) is 6.65. The molecule has 4 nitrogen and oxygen atoms in total. The van der Waals surface area contributed by atoms with Gasteiger partial charge in [-0.2, -0.15) is 0 Å². The van der Waals surface area contributed by atoms with E-state index in [4.69, 9.17) is 4.74 Å². The maximum atomic E-state index is 11.8. The summed E-state index contributed by atoms with van der Waals surface area (Å²) in [6, 6.07) is 0.382. The number of rotatable bonds is 6. The van der Waals surface area contributed by atoms with Gasteiger partial charge in [-0.3, -0.25) is 4.79 Å². The molecule has 0 radical (unpaired) electrons. The molecule has 2 rings (SSSR count). The van der Waals surface area contributed by atoms with Crippen LogP contribution in [0.1, 0.15) is 57.8 Å². The molecule has 1 atom stereocenters. The van der Waals surface area contributed by atoms with E-state index in [9.17, 15) is 4.79 Å². The van der Waals surface area contributed by atoms with E-state index < -0.39 is 0 Å². The fourth-order valence-corrected chi connectivity index (χ4v) is 3.04. The molecule has 1 unspecified atom stereocenters. The summed E-state index contributed by atoms with van der Waals surface area (Å²) in [6.45, 7) is 2.37. The van der Waals surface area contributed by atoms with Crippen molar-refractivity contribution in [3.63, 3.8) is 0 Å². The second-order valence-corrected chi connectivity index (χ2v) is 5.83. The van der Waals surface area contributed by atoms with Gasteiger partial charge < -0.3 is 15.4 Å². The Morgan fingerprint density at radius 1 is 1.11 bits per heavy atom. The summed E-state index contributed by atoms with van der Waals surface area (Å²) in [5, 5.41) is 6.37. The quantitative estimate of drug-likeness (QED) is 0.724. The third kappa shape index (κ3) is 5.91. The van der Waals surface area contributed by atoms with Crippen LogP contribution in [0.15, 0.2) is 0 Å². The van der Waals surface area contributed by atoms with Crippen molar-refractivity contribution in [3.8, 4) is 0 Å². The van der Waals surface area contributed by atoms with Crippen LogP contribution in [0.25, 0.3) is 0 Å². The molecule has 1 aliphatic carbocycles. The van der Waals surface area contributed by atoms with Crippen LogP contribution >= 0.6 is 0 Å². The van der Waals surface area contributed by atoms with Crippen LogP contribution in [-0.4, -0.2) is 37.7 Å². The van der Waals surface area contributed by atoms with Crippen LogP contribution in [0, 0.1) is 0 Å². The molecule has 2 aliphatic rings. The van der Waals surface area contributed by atoms with Crippen molar-refractivity contribution in [2.24, 2.45) is 0 Å². The minimum Gasteiger partial charge on any atom is -0.376 e. The van der Waals surface area contributed by atoms with Crippen LogP contribution < -0.4 is 10.6 Å². The van der Waals surface area contributed by atoms with Crippen molar-refractivity contribution in [2.45, 2.75) is 69.9 Å². The fourth-order valence-electron chi connectivity index (χ4n) is 3.04. The molecule has 0 bridgehead atoms. The minimum atomic E-state index is 0.159. The van der Waals surface area contributed by atoms with Crippen molar-refractivity contribution in [3.05, 3.63) is 0 Å². The van der Waals surface area contributed by atoms with Crippen LogP contribution in [0.5, 0.6) is 0 Å². The first kappa shape index (κ1) is 14.8. The van der Waals surface area contributed by atoms with Gasteiger partial charge in [0.25, 0.3) is 0 Å². The zero-order valence-corrected chi connectivity index (χ0v) is 12.0. The molecular weight excluding hydrogens is 240 g/mol. The van der Waals surface area contributed by atoms with Gasteiger partial charge in [0.2, 0.25) is 5.91 Å². The maximum Gasteiger partial charge on any atom is 0.221 e. The molecule has 1 aliphatic heterocycles. The summed E-state index contributed by atoms with van der Waals surface area (Å²) >= 11 is 0. The van der Waals surface area contributed by atoms with E-state index in [0.717, 1.165) is 13.0 Å². The number of nitrogens with one attached hydrogen (secondary N) is 2. The monoisotopic (exact) mass is 268 g/mol. The Balaban J connectivity index is 1.48. The summed E-state index contributed by atoms with van der Waals surface area (Å²) in [7, 11) is 0. The van der Waals surface area contributed by atoms with E-state index in [2.05, 4.69) is 10.6 Å². The highest BCUT2D eigenvalue weighted by Crippen LogP contribution is 2.19. The third-order valence-electron chi connectivity index (χ3n) is 4.17. The van der Waals surface area contributed by atoms with E-state index in [1.807, 2.05) is 0 Å². The van der Waals surface area contributed by atoms with Gasteiger partial charge in [0.15, 0.2) is 0 Å². The highest BCUT2D eigenvalue weighted by Gasteiger charge is 2.16. The normalized spacial score (nSPS) is 25.2. The molecule has 0 aromatic carbocycles. The van der Waals surface area contributed by atoms with E-state index in [-0.39, 0.29) is 5.91 Å². The summed E-state index contributed by atoms with van der Waals surface area (Å²) < 4.78 is 5.79. The van der Waals surface area contributed by atoms with Crippen molar-refractivity contribution in [2.75, 3.05) is 19.7 Å². The van der Waals surface area contributed by atoms with E-state index in [1.54, 1.807) is 0 Å². The summed E-state index contributed by atoms with van der Waals surface area (Å²) in [4.78, 5) is 11.8. The minimum absolute atomic E-state index is 0.159. The Labute approximate surface area is 116 Å². The number of carbonyl (C=O) groups is 1. The van der Waals surface area contributed by atoms with Crippen LogP contribution in [-0.2, 0) is 9.53 Å². The van der Waals surface area contributed by atoms with Crippen LogP contribution in [0.2, 0.25) is 0 Å². The molecule has 0 aromatic heterocycles. The lowest BCUT2D eigenvalue weighted by atomic mass is 9.98. The highest BCUT2D eigenvalue weighted by atomic mass is 16.5. The maximum absolute atomic E-state index is 11.8. The van der Waals surface area contributed by atoms with E-state index >= 15 is 0 Å². The van der Waals surface area contributed by atoms with Gasteiger partial charge in [-0.25, -0.2) is 0 Å². The molecule has 0 aromatic rings. The first-order chi connectivity index (χ1) is 9.34. The Bertz CT molecular complexity index is 259. The number of hydrogen-bond donors (Lipinski definition) is 2. The molecule has 1 saturated heterocycles. The van der Waals surface area contributed by atoms with Crippen LogP contribution in [0.3, 0.4) is 0 Å². The summed E-state index contributed by atoms with van der Waals surface area (Å²) in [5.74, 6) is 0.159. The molecule has 110 valence electrons. The highest BCUT2D eigenvalue weighted by molar-refractivity contribution is 5.76. The zero-order chi connectivity index (χ0) is 13.3. The second kappa shape index (κ2) is 8.54. The first-order valence-electron chi connectivity index (χ1n) is 7.96. The molecular formula is C15H28N2O2. The SMILES string of the molecule is O=C(CC1CCCCN1)NCCOC1CCCCC1. The molecule has 1 heterocycles. The van der Waals surface area contributed by atoms with Gasteiger partial charge in [-0.05, 0) is 32.2 Å². The standard InChI is InChI=1S/C15H28N2O2/c18-15(12-13-6-4-5-9-16-13)17-10-11-19-14-7-2-1-3-8-14/h13-14,16H,1-12H2,(H,17,18). The van der Waals surface area contributed by atoms with E-state index in [1.165, 1.54) is 44.9 Å². The van der Waals surface area contributed by atoms with Gasteiger partial charge in [-0.15, -0.1) is 0 Å². The van der Waals surface area contributed by atoms with Gasteiger partial charge >= 0.3 is 0 Å². The average molecular weight is 268 g/mol. The first-order valence-corrected chi connectivity index (χ1v) is 7.96. The number of carbonyl (C=O) groups excluding carboxylic acids is 1. The molecule has 1 amide bonds. The Morgan fingerprint density at radius 3 is 2.63 bits per heavy atom. The molecule has 0 spiro atoms. The number of ether oxygens (including phenoxy) is 1. The summed E-state index contributed by atoms with van der Waals surface area (Å²) in [5.41, 5.74) is 0. The zero-order valence-electron chi connectivity index (χ0n) is 12.0. The Hall–Kier alpha value is -0.610. The number of hydrogen-bond acceptors (Lipinski definition) is 3. The van der Waals surface area contributed by atoms with Crippen LogP contribution in [0.4, 0.5) is 0 Å². The smallest absolute Gasteiger partial charge is 0.221 e. The molecule has 2 fully saturated rings. The van der Waals surface area contributed by atoms with Gasteiger partial charge in [0.1, 0.15) is 0 Å². The lowest BCUT2D eigenvalue weighted by Gasteiger charge is -2.23. The Morgan fingerprint density at radius 2 is 1.89 bits per heavy atom. The largest absolute Gasteiger partial charge is 0.376 e. The molecule has 4 heteroatoms. The predicted molar refractivity (Wildman–Crippen MR) is 76.1 cm³/mol. The molecule has 2 N–H and O–H groups in total. The van der Waals surface area contributed by atoms with Gasteiger partial charge in [0.05, 0.1) is 12.7 Å². The lowest BCUT2D eigenvalue weighted by Crippen LogP contribution is -2.39. The second-order valence-electron chi connectivity index (χ2n) is 5.83. The van der Waals surface area contributed by atoms with Crippen molar-refractivity contribution in [1.82, 2.24) is 10.6 Å². The lowest BCUT2D eigenvalue weighted by molar-refractivity contribution is -0.122. The van der Waals surface area contributed by atoms with Crippen molar-refractivity contribution < 1.29 is 9.53 Å². The van der Waals surface area contributed by atoms with Crippen molar-refractivity contribution in [1.29, 1.82) is 0 Å². The summed E-state index contributed by atoms with van der Waals surface area (Å²) in [6.07, 6.45) is 11.0. The average Bonchev–Trinajstić information content (AvgIpc) is 2.46. The van der Waals surface area contributed by atoms with Gasteiger partial charge in [-0.1, -0.05) is 25.7 Å². The number of amides is 1. The third-order valence-corrected chi connectivity index (χ3v) is 4.17. The van der Waals surface area contributed by atoms with Gasteiger partial charge in [0, 0.05) is 19.0 Å². The topological polar surface area (TPSA) is 50.4 Å². The molecule has 1 saturated carbocycles.